The van der Waals surface area contributed by atoms with Gasteiger partial charge in [0, 0.05) is 36.7 Å². The number of hydrogen-bond acceptors (Lipinski definition) is 3. The highest BCUT2D eigenvalue weighted by Crippen LogP contribution is 2.24. The van der Waals surface area contributed by atoms with Gasteiger partial charge in [0.05, 0.1) is 11.6 Å². The predicted octanol–water partition coefficient (Wildman–Crippen LogP) is 2.37. The maximum Gasteiger partial charge on any atom is 0.410 e. The molecular formula is C19H21N3O3. The summed E-state index contributed by atoms with van der Waals surface area (Å²) in [6.07, 6.45) is -0.264. The van der Waals surface area contributed by atoms with Crippen LogP contribution in [0.4, 0.5) is 4.79 Å². The molecule has 6 heteroatoms. The zero-order chi connectivity index (χ0) is 17.6. The number of ether oxygens (including phenoxy) is 1. The van der Waals surface area contributed by atoms with E-state index in [1.807, 2.05) is 55.1 Å². The number of aryl methyl sites for hydroxylation is 1. The molecule has 130 valence electrons. The number of piperazine rings is 1. The van der Waals surface area contributed by atoms with E-state index >= 15 is 0 Å². The van der Waals surface area contributed by atoms with Crippen molar-refractivity contribution in [2.45, 2.75) is 19.9 Å². The number of cyclic esters (lactones) is 1. The zero-order valence-corrected chi connectivity index (χ0v) is 14.4. The van der Waals surface area contributed by atoms with Crippen molar-refractivity contribution in [3.8, 4) is 5.69 Å². The van der Waals surface area contributed by atoms with E-state index in [9.17, 15) is 9.59 Å². The Bertz CT molecular complexity index is 828. The molecule has 3 heterocycles. The normalized spacial score (nSPS) is 19.8. The van der Waals surface area contributed by atoms with E-state index in [0.717, 1.165) is 22.6 Å². The quantitative estimate of drug-likeness (QED) is 0.844. The molecule has 2 aliphatic heterocycles. The number of rotatable bonds is 2. The number of hydrogen-bond donors (Lipinski definition) is 0. The third kappa shape index (κ3) is 2.58. The molecule has 1 unspecified atom stereocenters. The molecule has 0 saturated carbocycles. The van der Waals surface area contributed by atoms with Crippen LogP contribution in [0.5, 0.6) is 0 Å². The van der Waals surface area contributed by atoms with Gasteiger partial charge in [0.1, 0.15) is 6.61 Å². The van der Waals surface area contributed by atoms with Crippen LogP contribution in [0.15, 0.2) is 36.4 Å². The fourth-order valence-electron chi connectivity index (χ4n) is 3.80. The molecule has 0 aliphatic carbocycles. The fraction of sp³-hybridized carbons (Fsp3) is 0.368. The van der Waals surface area contributed by atoms with Crippen LogP contribution in [0, 0.1) is 13.8 Å². The lowest BCUT2D eigenvalue weighted by molar-refractivity contribution is 0.0616. The van der Waals surface area contributed by atoms with Gasteiger partial charge in [0.2, 0.25) is 0 Å². The molecule has 4 rings (SSSR count). The number of carbonyl (C=O) groups is 2. The zero-order valence-electron chi connectivity index (χ0n) is 14.4. The third-order valence-corrected chi connectivity index (χ3v) is 5.08. The lowest BCUT2D eigenvalue weighted by atomic mass is 10.1. The topological polar surface area (TPSA) is 54.8 Å². The van der Waals surface area contributed by atoms with E-state index in [1.165, 1.54) is 0 Å². The molecule has 0 radical (unpaired) electrons. The second kappa shape index (κ2) is 5.95. The number of fused-ring (bicyclic) bond motifs is 1. The SMILES string of the molecule is Cc1cc(C(=O)N2CCN3C(=O)OCC3C2)c(C)n1-c1ccccc1. The van der Waals surface area contributed by atoms with Crippen molar-refractivity contribution in [2.24, 2.45) is 0 Å². The molecule has 1 aromatic carbocycles. The van der Waals surface area contributed by atoms with Crippen LogP contribution in [0.3, 0.4) is 0 Å². The Hall–Kier alpha value is -2.76. The molecule has 2 aliphatic rings. The fourth-order valence-corrected chi connectivity index (χ4v) is 3.80. The largest absolute Gasteiger partial charge is 0.447 e. The van der Waals surface area contributed by atoms with Crippen molar-refractivity contribution in [2.75, 3.05) is 26.2 Å². The monoisotopic (exact) mass is 339 g/mol. The van der Waals surface area contributed by atoms with E-state index in [2.05, 4.69) is 4.57 Å². The number of benzene rings is 1. The number of nitrogens with zero attached hydrogens (tertiary/aromatic N) is 3. The summed E-state index contributed by atoms with van der Waals surface area (Å²) in [7, 11) is 0. The molecule has 2 aromatic rings. The van der Waals surface area contributed by atoms with Gasteiger partial charge in [-0.2, -0.15) is 0 Å². The van der Waals surface area contributed by atoms with Crippen LogP contribution < -0.4 is 0 Å². The van der Waals surface area contributed by atoms with Gasteiger partial charge in [0.15, 0.2) is 0 Å². The first kappa shape index (κ1) is 15.7. The standard InChI is InChI=1S/C19H21N3O3/c1-13-10-17(14(2)22(13)15-6-4-3-5-7-15)18(23)20-8-9-21-16(11-20)12-25-19(21)24/h3-7,10,16H,8-9,11-12H2,1-2H3. The first-order valence-electron chi connectivity index (χ1n) is 8.53. The van der Waals surface area contributed by atoms with Gasteiger partial charge in [-0.05, 0) is 32.0 Å². The maximum atomic E-state index is 13.1. The highest BCUT2D eigenvalue weighted by atomic mass is 16.6. The number of amides is 2. The Kier molecular flexibility index (Phi) is 3.75. The second-order valence-corrected chi connectivity index (χ2v) is 6.63. The molecule has 25 heavy (non-hydrogen) atoms. The smallest absolute Gasteiger partial charge is 0.410 e. The van der Waals surface area contributed by atoms with Crippen LogP contribution in [0.2, 0.25) is 0 Å². The van der Waals surface area contributed by atoms with Gasteiger partial charge in [0.25, 0.3) is 5.91 Å². The van der Waals surface area contributed by atoms with Gasteiger partial charge in [-0.15, -0.1) is 0 Å². The predicted molar refractivity (Wildman–Crippen MR) is 93.0 cm³/mol. The molecule has 1 atom stereocenters. The molecule has 1 aromatic heterocycles. The Labute approximate surface area is 146 Å². The van der Waals surface area contributed by atoms with E-state index in [-0.39, 0.29) is 18.0 Å². The Balaban J connectivity index is 1.60. The van der Waals surface area contributed by atoms with E-state index in [1.54, 1.807) is 4.90 Å². The van der Waals surface area contributed by atoms with Crippen molar-refractivity contribution in [1.29, 1.82) is 0 Å². The van der Waals surface area contributed by atoms with Crippen LogP contribution in [-0.4, -0.2) is 58.7 Å². The van der Waals surface area contributed by atoms with Crippen molar-refractivity contribution < 1.29 is 14.3 Å². The minimum Gasteiger partial charge on any atom is -0.447 e. The molecule has 2 saturated heterocycles. The van der Waals surface area contributed by atoms with Gasteiger partial charge < -0.3 is 14.2 Å². The van der Waals surface area contributed by atoms with Crippen LogP contribution in [0.1, 0.15) is 21.7 Å². The minimum atomic E-state index is -0.264. The van der Waals surface area contributed by atoms with Crippen molar-refractivity contribution in [1.82, 2.24) is 14.4 Å². The first-order chi connectivity index (χ1) is 12.1. The summed E-state index contributed by atoms with van der Waals surface area (Å²) >= 11 is 0. The number of para-hydroxylation sites is 1. The molecule has 0 N–H and O–H groups in total. The molecular weight excluding hydrogens is 318 g/mol. The van der Waals surface area contributed by atoms with E-state index in [0.29, 0.717) is 26.2 Å². The molecule has 2 amide bonds. The summed E-state index contributed by atoms with van der Waals surface area (Å²) in [4.78, 5) is 28.2. The highest BCUT2D eigenvalue weighted by Gasteiger charge is 2.39. The Morgan fingerprint density at radius 2 is 1.92 bits per heavy atom. The minimum absolute atomic E-state index is 0.0225. The van der Waals surface area contributed by atoms with Crippen molar-refractivity contribution in [3.63, 3.8) is 0 Å². The summed E-state index contributed by atoms with van der Waals surface area (Å²) in [5.74, 6) is 0.0225. The molecule has 6 nitrogen and oxygen atoms in total. The first-order valence-corrected chi connectivity index (χ1v) is 8.53. The van der Waals surface area contributed by atoms with Gasteiger partial charge in [-0.3, -0.25) is 9.69 Å². The summed E-state index contributed by atoms with van der Waals surface area (Å²) in [5, 5.41) is 0. The van der Waals surface area contributed by atoms with Crippen LogP contribution in [0.25, 0.3) is 5.69 Å². The van der Waals surface area contributed by atoms with Crippen molar-refractivity contribution in [3.05, 3.63) is 53.3 Å². The van der Waals surface area contributed by atoms with Crippen molar-refractivity contribution >= 4 is 12.0 Å². The number of carbonyl (C=O) groups excluding carboxylic acids is 2. The Morgan fingerprint density at radius 3 is 2.68 bits per heavy atom. The number of aromatic nitrogens is 1. The summed E-state index contributed by atoms with van der Waals surface area (Å²) in [6, 6.07) is 12.0. The highest BCUT2D eigenvalue weighted by molar-refractivity contribution is 5.96. The lowest BCUT2D eigenvalue weighted by Crippen LogP contribution is -2.53. The lowest BCUT2D eigenvalue weighted by Gasteiger charge is -2.35. The molecule has 0 bridgehead atoms. The summed E-state index contributed by atoms with van der Waals surface area (Å²) in [6.45, 7) is 5.96. The molecule has 0 spiro atoms. The van der Waals surface area contributed by atoms with Crippen LogP contribution >= 0.6 is 0 Å². The van der Waals surface area contributed by atoms with E-state index < -0.39 is 0 Å². The van der Waals surface area contributed by atoms with Gasteiger partial charge in [-0.25, -0.2) is 4.79 Å². The average molecular weight is 339 g/mol. The maximum absolute atomic E-state index is 13.1. The van der Waals surface area contributed by atoms with E-state index in [4.69, 9.17) is 4.74 Å². The van der Waals surface area contributed by atoms with Gasteiger partial charge in [-0.1, -0.05) is 18.2 Å². The van der Waals surface area contributed by atoms with Crippen LogP contribution in [-0.2, 0) is 4.74 Å². The third-order valence-electron chi connectivity index (χ3n) is 5.08. The summed E-state index contributed by atoms with van der Waals surface area (Å²) in [5.41, 5.74) is 3.75. The van der Waals surface area contributed by atoms with Gasteiger partial charge >= 0.3 is 6.09 Å². The Morgan fingerprint density at radius 1 is 1.16 bits per heavy atom. The summed E-state index contributed by atoms with van der Waals surface area (Å²) < 4.78 is 7.19. The molecule has 2 fully saturated rings. The second-order valence-electron chi connectivity index (χ2n) is 6.63. The average Bonchev–Trinajstić information content (AvgIpc) is 3.14.